The van der Waals surface area contributed by atoms with Gasteiger partial charge in [0.1, 0.15) is 0 Å². The fourth-order valence-electron chi connectivity index (χ4n) is 2.96. The summed E-state index contributed by atoms with van der Waals surface area (Å²) in [7, 11) is 1.86. The lowest BCUT2D eigenvalue weighted by Gasteiger charge is -2.17. The zero-order valence-electron chi connectivity index (χ0n) is 13.9. The van der Waals surface area contributed by atoms with Gasteiger partial charge in [-0.25, -0.2) is 0 Å². The average Bonchev–Trinajstić information content (AvgIpc) is 3.22. The number of para-hydroxylation sites is 1. The highest BCUT2D eigenvalue weighted by Gasteiger charge is 2.34. The van der Waals surface area contributed by atoms with Gasteiger partial charge in [-0.15, -0.1) is 12.4 Å². The molecule has 1 aliphatic rings. The summed E-state index contributed by atoms with van der Waals surface area (Å²) in [6, 6.07) is 9.18. The molecule has 0 radical (unpaired) electrons. The predicted molar refractivity (Wildman–Crippen MR) is 97.6 cm³/mol. The number of hydrogen-bond acceptors (Lipinski definition) is 4. The Bertz CT molecular complexity index is 719. The molecule has 25 heavy (non-hydrogen) atoms. The van der Waals surface area contributed by atoms with E-state index in [0.29, 0.717) is 12.2 Å². The zero-order valence-corrected chi connectivity index (χ0v) is 14.8. The van der Waals surface area contributed by atoms with Crippen molar-refractivity contribution in [1.82, 2.24) is 20.4 Å². The van der Waals surface area contributed by atoms with Crippen LogP contribution in [0.15, 0.2) is 42.7 Å². The summed E-state index contributed by atoms with van der Waals surface area (Å²) in [6.45, 7) is 1.30. The standard InChI is InChI=1S/C17H21N5O2.ClH/c1-22-11-12(7-20-22)14-8-18-9-15(14)17(24)19-10-16(23)21-13-5-3-2-4-6-13;/h2-7,11,14-15,18H,8-10H2,1H3,(H,19,24)(H,21,23);1H/t14-,15+;/m1./s1. The molecule has 2 aromatic rings. The fourth-order valence-corrected chi connectivity index (χ4v) is 2.96. The molecule has 1 saturated heterocycles. The van der Waals surface area contributed by atoms with Crippen LogP contribution in [0.25, 0.3) is 0 Å². The molecule has 2 amide bonds. The second-order valence-electron chi connectivity index (χ2n) is 5.95. The first-order chi connectivity index (χ1) is 11.6. The van der Waals surface area contributed by atoms with E-state index in [1.807, 2.05) is 31.4 Å². The largest absolute Gasteiger partial charge is 0.347 e. The van der Waals surface area contributed by atoms with Crippen molar-refractivity contribution in [3.63, 3.8) is 0 Å². The number of aromatic nitrogens is 2. The first-order valence-electron chi connectivity index (χ1n) is 7.95. The number of rotatable bonds is 5. The Hall–Kier alpha value is -2.38. The molecule has 0 bridgehead atoms. The van der Waals surface area contributed by atoms with Crippen LogP contribution in [0.4, 0.5) is 5.69 Å². The number of nitrogens with zero attached hydrogens (tertiary/aromatic N) is 2. The molecule has 3 N–H and O–H groups in total. The molecule has 1 aromatic heterocycles. The quantitative estimate of drug-likeness (QED) is 0.736. The number of anilines is 1. The van der Waals surface area contributed by atoms with E-state index in [4.69, 9.17) is 0 Å². The topological polar surface area (TPSA) is 88.0 Å². The average molecular weight is 364 g/mol. The van der Waals surface area contributed by atoms with Gasteiger partial charge >= 0.3 is 0 Å². The molecule has 8 heteroatoms. The summed E-state index contributed by atoms with van der Waals surface area (Å²) < 4.78 is 1.73. The SMILES string of the molecule is Cl.Cn1cc([C@H]2CNC[C@@H]2C(=O)NCC(=O)Nc2ccccc2)cn1. The predicted octanol–water partition coefficient (Wildman–Crippen LogP) is 0.900. The molecule has 134 valence electrons. The van der Waals surface area contributed by atoms with Crippen molar-refractivity contribution in [3.05, 3.63) is 48.3 Å². The number of nitrogens with one attached hydrogen (secondary N) is 3. The highest BCUT2D eigenvalue weighted by Crippen LogP contribution is 2.27. The van der Waals surface area contributed by atoms with E-state index in [-0.39, 0.29) is 42.6 Å². The molecule has 0 spiro atoms. The molecule has 3 rings (SSSR count). The maximum atomic E-state index is 12.4. The molecular formula is C17H22ClN5O2. The van der Waals surface area contributed by atoms with Crippen LogP contribution >= 0.6 is 12.4 Å². The van der Waals surface area contributed by atoms with Gasteiger partial charge in [-0.1, -0.05) is 18.2 Å². The van der Waals surface area contributed by atoms with E-state index < -0.39 is 0 Å². The maximum Gasteiger partial charge on any atom is 0.243 e. The van der Waals surface area contributed by atoms with Crippen LogP contribution in [0.3, 0.4) is 0 Å². The minimum absolute atomic E-state index is 0. The highest BCUT2D eigenvalue weighted by molar-refractivity contribution is 5.95. The van der Waals surface area contributed by atoms with Crippen LogP contribution in [0.5, 0.6) is 0 Å². The van der Waals surface area contributed by atoms with Gasteiger partial charge < -0.3 is 16.0 Å². The Morgan fingerprint density at radius 3 is 2.72 bits per heavy atom. The van der Waals surface area contributed by atoms with Gasteiger partial charge in [-0.05, 0) is 17.7 Å². The number of hydrogen-bond donors (Lipinski definition) is 3. The lowest BCUT2D eigenvalue weighted by atomic mass is 9.90. The molecule has 1 aliphatic heterocycles. The van der Waals surface area contributed by atoms with Gasteiger partial charge in [0.2, 0.25) is 11.8 Å². The summed E-state index contributed by atoms with van der Waals surface area (Å²) >= 11 is 0. The molecule has 0 saturated carbocycles. The minimum Gasteiger partial charge on any atom is -0.347 e. The van der Waals surface area contributed by atoms with Crippen LogP contribution < -0.4 is 16.0 Å². The zero-order chi connectivity index (χ0) is 16.9. The van der Waals surface area contributed by atoms with Crippen LogP contribution in [-0.4, -0.2) is 41.2 Å². The number of amides is 2. The summed E-state index contributed by atoms with van der Waals surface area (Å²) in [5, 5.41) is 12.9. The molecule has 2 atom stereocenters. The van der Waals surface area contributed by atoms with Gasteiger partial charge in [0.15, 0.2) is 0 Å². The molecule has 0 aliphatic carbocycles. The van der Waals surface area contributed by atoms with Crippen LogP contribution in [-0.2, 0) is 16.6 Å². The third kappa shape index (κ3) is 4.80. The maximum absolute atomic E-state index is 12.4. The number of carbonyl (C=O) groups is 2. The van der Waals surface area contributed by atoms with E-state index in [0.717, 1.165) is 12.1 Å². The van der Waals surface area contributed by atoms with Gasteiger partial charge in [-0.2, -0.15) is 5.10 Å². The van der Waals surface area contributed by atoms with Crippen molar-refractivity contribution in [2.24, 2.45) is 13.0 Å². The molecule has 1 aromatic carbocycles. The Morgan fingerprint density at radius 2 is 2.04 bits per heavy atom. The van der Waals surface area contributed by atoms with Gasteiger partial charge in [-0.3, -0.25) is 14.3 Å². The summed E-state index contributed by atoms with van der Waals surface area (Å²) in [5.41, 5.74) is 1.75. The first-order valence-corrected chi connectivity index (χ1v) is 7.95. The fraction of sp³-hybridized carbons (Fsp3) is 0.353. The van der Waals surface area contributed by atoms with E-state index >= 15 is 0 Å². The number of carbonyl (C=O) groups excluding carboxylic acids is 2. The number of benzene rings is 1. The molecule has 2 heterocycles. The van der Waals surface area contributed by atoms with Crippen LogP contribution in [0.1, 0.15) is 11.5 Å². The van der Waals surface area contributed by atoms with E-state index in [2.05, 4.69) is 21.0 Å². The van der Waals surface area contributed by atoms with Crippen molar-refractivity contribution >= 4 is 29.9 Å². The molecule has 7 nitrogen and oxygen atoms in total. The Balaban J connectivity index is 0.00000225. The Morgan fingerprint density at radius 1 is 1.28 bits per heavy atom. The van der Waals surface area contributed by atoms with E-state index in [9.17, 15) is 9.59 Å². The summed E-state index contributed by atoms with van der Waals surface area (Å²) in [5.74, 6) is -0.467. The third-order valence-electron chi connectivity index (χ3n) is 4.18. The smallest absolute Gasteiger partial charge is 0.243 e. The van der Waals surface area contributed by atoms with E-state index in [1.165, 1.54) is 0 Å². The Kier molecular flexibility index (Phi) is 6.55. The summed E-state index contributed by atoms with van der Waals surface area (Å²) in [4.78, 5) is 24.4. The number of halogens is 1. The second-order valence-corrected chi connectivity index (χ2v) is 5.95. The Labute approximate surface area is 152 Å². The van der Waals surface area contributed by atoms with Crippen molar-refractivity contribution < 1.29 is 9.59 Å². The molecular weight excluding hydrogens is 342 g/mol. The van der Waals surface area contributed by atoms with Crippen LogP contribution in [0, 0.1) is 5.92 Å². The van der Waals surface area contributed by atoms with Gasteiger partial charge in [0, 0.05) is 37.9 Å². The molecule has 0 unspecified atom stereocenters. The highest BCUT2D eigenvalue weighted by atomic mass is 35.5. The normalized spacial score (nSPS) is 19.1. The summed E-state index contributed by atoms with van der Waals surface area (Å²) in [6.07, 6.45) is 3.72. The van der Waals surface area contributed by atoms with Gasteiger partial charge in [0.05, 0.1) is 18.7 Å². The monoisotopic (exact) mass is 363 g/mol. The lowest BCUT2D eigenvalue weighted by molar-refractivity contribution is -0.127. The first kappa shape index (κ1) is 19.0. The third-order valence-corrected chi connectivity index (χ3v) is 4.18. The van der Waals surface area contributed by atoms with Crippen molar-refractivity contribution in [3.8, 4) is 0 Å². The number of aryl methyl sites for hydroxylation is 1. The van der Waals surface area contributed by atoms with E-state index in [1.54, 1.807) is 23.0 Å². The van der Waals surface area contributed by atoms with Gasteiger partial charge in [0.25, 0.3) is 0 Å². The van der Waals surface area contributed by atoms with Crippen molar-refractivity contribution in [2.45, 2.75) is 5.92 Å². The second kappa shape index (κ2) is 8.64. The molecule has 1 fully saturated rings. The van der Waals surface area contributed by atoms with Crippen LogP contribution in [0.2, 0.25) is 0 Å². The minimum atomic E-state index is -0.238. The van der Waals surface area contributed by atoms with Crippen molar-refractivity contribution in [1.29, 1.82) is 0 Å². The van der Waals surface area contributed by atoms with Crippen molar-refractivity contribution in [2.75, 3.05) is 25.0 Å². The lowest BCUT2D eigenvalue weighted by Crippen LogP contribution is -2.39.